The first-order valence-electron chi connectivity index (χ1n) is 7.00. The van der Waals surface area contributed by atoms with Crippen molar-refractivity contribution in [3.63, 3.8) is 0 Å². The van der Waals surface area contributed by atoms with Crippen LogP contribution >= 0.6 is 0 Å². The van der Waals surface area contributed by atoms with Crippen molar-refractivity contribution < 1.29 is 13.9 Å². The maximum absolute atomic E-state index is 13.3. The van der Waals surface area contributed by atoms with E-state index >= 15 is 0 Å². The van der Waals surface area contributed by atoms with Gasteiger partial charge in [-0.05, 0) is 38.1 Å². The second-order valence-corrected chi connectivity index (χ2v) is 5.08. The summed E-state index contributed by atoms with van der Waals surface area (Å²) in [5.74, 6) is 0.432. The number of rotatable bonds is 6. The fourth-order valence-corrected chi connectivity index (χ4v) is 2.48. The highest BCUT2D eigenvalue weighted by Crippen LogP contribution is 2.18. The van der Waals surface area contributed by atoms with E-state index < -0.39 is 5.82 Å². The maximum atomic E-state index is 13.3. The molecule has 1 heterocycles. The van der Waals surface area contributed by atoms with Crippen molar-refractivity contribution in [2.24, 2.45) is 5.92 Å². The third-order valence-electron chi connectivity index (χ3n) is 3.54. The van der Waals surface area contributed by atoms with Crippen molar-refractivity contribution in [3.8, 4) is 5.75 Å². The molecular formula is C15H21FN2O2. The van der Waals surface area contributed by atoms with Gasteiger partial charge < -0.3 is 15.0 Å². The molecule has 4 nitrogen and oxygen atoms in total. The van der Waals surface area contributed by atoms with Crippen LogP contribution in [0.25, 0.3) is 0 Å². The van der Waals surface area contributed by atoms with Gasteiger partial charge in [0.2, 0.25) is 5.91 Å². The monoisotopic (exact) mass is 280 g/mol. The minimum Gasteiger partial charge on any atom is -0.490 e. The SMILES string of the molecule is CNCC1CCN(C(=O)CCOc2ccccc2F)C1. The molecule has 20 heavy (non-hydrogen) atoms. The summed E-state index contributed by atoms with van der Waals surface area (Å²) >= 11 is 0. The average Bonchev–Trinajstić information content (AvgIpc) is 2.90. The standard InChI is InChI=1S/C15H21FN2O2/c1-17-10-12-6-8-18(11-12)15(19)7-9-20-14-5-3-2-4-13(14)16/h2-5,12,17H,6-11H2,1H3. The van der Waals surface area contributed by atoms with Crippen LogP contribution in [0.2, 0.25) is 0 Å². The minimum atomic E-state index is -0.393. The number of ether oxygens (including phenoxy) is 1. The van der Waals surface area contributed by atoms with E-state index in [0.717, 1.165) is 26.1 Å². The lowest BCUT2D eigenvalue weighted by Crippen LogP contribution is -2.31. The molecule has 2 rings (SSSR count). The van der Waals surface area contributed by atoms with Crippen molar-refractivity contribution in [2.75, 3.05) is 33.3 Å². The van der Waals surface area contributed by atoms with E-state index in [9.17, 15) is 9.18 Å². The number of carbonyl (C=O) groups excluding carboxylic acids is 1. The number of hydrogen-bond acceptors (Lipinski definition) is 3. The quantitative estimate of drug-likeness (QED) is 0.861. The molecule has 1 amide bonds. The summed E-state index contributed by atoms with van der Waals surface area (Å²) in [5, 5.41) is 3.14. The Labute approximate surface area is 118 Å². The molecule has 1 atom stereocenters. The summed E-state index contributed by atoms with van der Waals surface area (Å²) in [6, 6.07) is 6.24. The van der Waals surface area contributed by atoms with Gasteiger partial charge in [0, 0.05) is 13.1 Å². The summed E-state index contributed by atoms with van der Waals surface area (Å²) in [7, 11) is 1.92. The summed E-state index contributed by atoms with van der Waals surface area (Å²) < 4.78 is 18.6. The van der Waals surface area contributed by atoms with Crippen LogP contribution in [0.5, 0.6) is 5.75 Å². The second kappa shape index (κ2) is 7.24. The first kappa shape index (κ1) is 14.8. The van der Waals surface area contributed by atoms with E-state index in [-0.39, 0.29) is 18.3 Å². The number of hydrogen-bond donors (Lipinski definition) is 1. The van der Waals surface area contributed by atoms with Gasteiger partial charge in [-0.15, -0.1) is 0 Å². The fraction of sp³-hybridized carbons (Fsp3) is 0.533. The molecule has 1 N–H and O–H groups in total. The number of carbonyl (C=O) groups is 1. The molecule has 1 aliphatic heterocycles. The van der Waals surface area contributed by atoms with Crippen molar-refractivity contribution >= 4 is 5.91 Å². The van der Waals surface area contributed by atoms with Gasteiger partial charge in [0.05, 0.1) is 13.0 Å². The van der Waals surface area contributed by atoms with Gasteiger partial charge in [0.15, 0.2) is 11.6 Å². The Hall–Kier alpha value is -1.62. The van der Waals surface area contributed by atoms with E-state index in [0.29, 0.717) is 12.3 Å². The van der Waals surface area contributed by atoms with Crippen LogP contribution < -0.4 is 10.1 Å². The molecule has 5 heteroatoms. The molecule has 0 aromatic heterocycles. The lowest BCUT2D eigenvalue weighted by Gasteiger charge is -2.16. The van der Waals surface area contributed by atoms with E-state index in [1.165, 1.54) is 6.07 Å². The molecule has 1 fully saturated rings. The van der Waals surface area contributed by atoms with E-state index in [4.69, 9.17) is 4.74 Å². The highest BCUT2D eigenvalue weighted by Gasteiger charge is 2.25. The van der Waals surface area contributed by atoms with Crippen LogP contribution in [0, 0.1) is 11.7 Å². The topological polar surface area (TPSA) is 41.6 Å². The average molecular weight is 280 g/mol. The number of nitrogens with zero attached hydrogens (tertiary/aromatic N) is 1. The molecule has 1 aromatic rings. The summed E-state index contributed by atoms with van der Waals surface area (Å²) in [5.41, 5.74) is 0. The summed E-state index contributed by atoms with van der Waals surface area (Å²) in [6.45, 7) is 2.77. The van der Waals surface area contributed by atoms with E-state index in [1.54, 1.807) is 18.2 Å². The molecule has 1 unspecified atom stereocenters. The Bertz CT molecular complexity index is 453. The number of amides is 1. The van der Waals surface area contributed by atoms with Gasteiger partial charge in [0.1, 0.15) is 0 Å². The third-order valence-corrected chi connectivity index (χ3v) is 3.54. The van der Waals surface area contributed by atoms with Gasteiger partial charge in [-0.25, -0.2) is 4.39 Å². The number of para-hydroxylation sites is 1. The second-order valence-electron chi connectivity index (χ2n) is 5.08. The molecular weight excluding hydrogens is 259 g/mol. The Morgan fingerprint density at radius 2 is 2.30 bits per heavy atom. The number of halogens is 1. The molecule has 0 aliphatic carbocycles. The predicted octanol–water partition coefficient (Wildman–Crippen LogP) is 1.66. The fourth-order valence-electron chi connectivity index (χ4n) is 2.48. The molecule has 1 aliphatic rings. The van der Waals surface area contributed by atoms with Gasteiger partial charge >= 0.3 is 0 Å². The highest BCUT2D eigenvalue weighted by molar-refractivity contribution is 5.76. The van der Waals surface area contributed by atoms with Gasteiger partial charge in [-0.3, -0.25) is 4.79 Å². The Kier molecular flexibility index (Phi) is 5.35. The van der Waals surface area contributed by atoms with Crippen molar-refractivity contribution in [2.45, 2.75) is 12.8 Å². The first-order valence-corrected chi connectivity index (χ1v) is 7.00. The zero-order valence-electron chi connectivity index (χ0n) is 11.8. The zero-order valence-corrected chi connectivity index (χ0v) is 11.8. The lowest BCUT2D eigenvalue weighted by atomic mass is 10.1. The summed E-state index contributed by atoms with van der Waals surface area (Å²) in [6.07, 6.45) is 1.33. The minimum absolute atomic E-state index is 0.0833. The molecule has 1 saturated heterocycles. The molecule has 0 spiro atoms. The van der Waals surface area contributed by atoms with E-state index in [1.807, 2.05) is 11.9 Å². The number of likely N-dealkylation sites (tertiary alicyclic amines) is 1. The van der Waals surface area contributed by atoms with Crippen LogP contribution in [0.3, 0.4) is 0 Å². The number of benzene rings is 1. The molecule has 0 saturated carbocycles. The van der Waals surface area contributed by atoms with Crippen LogP contribution in [-0.2, 0) is 4.79 Å². The first-order chi connectivity index (χ1) is 9.70. The van der Waals surface area contributed by atoms with Gasteiger partial charge in [0.25, 0.3) is 0 Å². The largest absolute Gasteiger partial charge is 0.490 e. The van der Waals surface area contributed by atoms with Gasteiger partial charge in [-0.1, -0.05) is 12.1 Å². The van der Waals surface area contributed by atoms with E-state index in [2.05, 4.69) is 5.32 Å². The van der Waals surface area contributed by atoms with Crippen molar-refractivity contribution in [3.05, 3.63) is 30.1 Å². The predicted molar refractivity (Wildman–Crippen MR) is 75.1 cm³/mol. The smallest absolute Gasteiger partial charge is 0.226 e. The highest BCUT2D eigenvalue weighted by atomic mass is 19.1. The summed E-state index contributed by atoms with van der Waals surface area (Å²) in [4.78, 5) is 13.9. The van der Waals surface area contributed by atoms with Crippen LogP contribution in [0.1, 0.15) is 12.8 Å². The van der Waals surface area contributed by atoms with Crippen LogP contribution in [-0.4, -0.2) is 44.1 Å². The molecule has 0 bridgehead atoms. The van der Waals surface area contributed by atoms with Crippen molar-refractivity contribution in [1.29, 1.82) is 0 Å². The molecule has 1 aromatic carbocycles. The molecule has 110 valence electrons. The van der Waals surface area contributed by atoms with Crippen LogP contribution in [0.4, 0.5) is 4.39 Å². The zero-order chi connectivity index (χ0) is 14.4. The third kappa shape index (κ3) is 3.93. The normalized spacial score (nSPS) is 18.3. The Morgan fingerprint density at radius 1 is 1.50 bits per heavy atom. The maximum Gasteiger partial charge on any atom is 0.226 e. The molecule has 0 radical (unpaired) electrons. The van der Waals surface area contributed by atoms with Crippen molar-refractivity contribution in [1.82, 2.24) is 10.2 Å². The Morgan fingerprint density at radius 3 is 3.05 bits per heavy atom. The van der Waals surface area contributed by atoms with Gasteiger partial charge in [-0.2, -0.15) is 0 Å². The number of nitrogens with one attached hydrogen (secondary N) is 1. The lowest BCUT2D eigenvalue weighted by molar-refractivity contribution is -0.130. The Balaban J connectivity index is 1.72. The van der Waals surface area contributed by atoms with Crippen LogP contribution in [0.15, 0.2) is 24.3 Å².